The summed E-state index contributed by atoms with van der Waals surface area (Å²) in [5, 5.41) is 4.89. The van der Waals surface area contributed by atoms with Crippen LogP contribution in [0.5, 0.6) is 0 Å². The molecule has 0 fully saturated rings. The number of nitrogens with one attached hydrogen (secondary N) is 2. The molecule has 0 aliphatic rings. The van der Waals surface area contributed by atoms with Crippen LogP contribution in [0.3, 0.4) is 0 Å². The van der Waals surface area contributed by atoms with Gasteiger partial charge in [0.2, 0.25) is 0 Å². The zero-order chi connectivity index (χ0) is 21.5. The summed E-state index contributed by atoms with van der Waals surface area (Å²) in [4.78, 5) is 30.1. The van der Waals surface area contributed by atoms with Gasteiger partial charge < -0.3 is 5.32 Å². The van der Waals surface area contributed by atoms with E-state index in [2.05, 4.69) is 10.8 Å². The first-order valence-electron chi connectivity index (χ1n) is 10.0. The van der Waals surface area contributed by atoms with Gasteiger partial charge in [0.05, 0.1) is 6.61 Å². The Morgan fingerprint density at radius 1 is 0.677 bits per heavy atom. The molecule has 5 nitrogen and oxygen atoms in total. The van der Waals surface area contributed by atoms with E-state index in [4.69, 9.17) is 4.84 Å². The summed E-state index contributed by atoms with van der Waals surface area (Å²) < 4.78 is 0. The van der Waals surface area contributed by atoms with E-state index in [0.717, 1.165) is 21.9 Å². The molecule has 0 aliphatic carbocycles. The molecule has 5 heteroatoms. The highest BCUT2D eigenvalue weighted by Gasteiger charge is 2.10. The molecule has 4 rings (SSSR count). The van der Waals surface area contributed by atoms with Gasteiger partial charge >= 0.3 is 0 Å². The number of hydrogen-bond acceptors (Lipinski definition) is 3. The van der Waals surface area contributed by atoms with E-state index in [1.165, 1.54) is 0 Å². The van der Waals surface area contributed by atoms with Crippen molar-refractivity contribution in [1.29, 1.82) is 0 Å². The first-order chi connectivity index (χ1) is 15.2. The topological polar surface area (TPSA) is 67.4 Å². The number of hydrogen-bond donors (Lipinski definition) is 2. The Hall–Kier alpha value is -3.96. The summed E-state index contributed by atoms with van der Waals surface area (Å²) in [6, 6.07) is 30.1. The SMILES string of the molecule is O=C(NOCc1ccccc1)c1ccc(CNC(=O)c2cccc3ccccc23)cc1. The molecule has 0 aliphatic heterocycles. The Balaban J connectivity index is 1.31. The second-order valence-electron chi connectivity index (χ2n) is 7.11. The van der Waals surface area contributed by atoms with Gasteiger partial charge in [0, 0.05) is 17.7 Å². The molecule has 4 aromatic carbocycles. The molecule has 0 bridgehead atoms. The molecule has 0 radical (unpaired) electrons. The Bertz CT molecular complexity index is 1180. The lowest BCUT2D eigenvalue weighted by Crippen LogP contribution is -2.24. The minimum absolute atomic E-state index is 0.132. The van der Waals surface area contributed by atoms with E-state index >= 15 is 0 Å². The lowest BCUT2D eigenvalue weighted by molar-refractivity contribution is 0.0233. The van der Waals surface area contributed by atoms with Crippen LogP contribution in [0.2, 0.25) is 0 Å². The summed E-state index contributed by atoms with van der Waals surface area (Å²) in [7, 11) is 0. The molecule has 154 valence electrons. The molecule has 0 saturated carbocycles. The van der Waals surface area contributed by atoms with E-state index in [0.29, 0.717) is 24.3 Å². The first kappa shape index (κ1) is 20.3. The molecule has 0 saturated heterocycles. The maximum absolute atomic E-state index is 12.7. The fourth-order valence-electron chi connectivity index (χ4n) is 3.29. The summed E-state index contributed by atoms with van der Waals surface area (Å²) in [6.07, 6.45) is 0. The van der Waals surface area contributed by atoms with Gasteiger partial charge in [0.25, 0.3) is 11.8 Å². The number of rotatable bonds is 7. The zero-order valence-corrected chi connectivity index (χ0v) is 16.9. The maximum atomic E-state index is 12.7. The van der Waals surface area contributed by atoms with Crippen molar-refractivity contribution in [2.75, 3.05) is 0 Å². The molecule has 0 atom stereocenters. The third kappa shape index (κ3) is 5.15. The van der Waals surface area contributed by atoms with Crippen molar-refractivity contribution in [2.24, 2.45) is 0 Å². The highest BCUT2D eigenvalue weighted by atomic mass is 16.6. The minimum atomic E-state index is -0.317. The van der Waals surface area contributed by atoms with Gasteiger partial charge in [0.1, 0.15) is 0 Å². The molecular formula is C26H22N2O3. The molecule has 2 N–H and O–H groups in total. The summed E-state index contributed by atoms with van der Waals surface area (Å²) in [6.45, 7) is 0.666. The normalized spacial score (nSPS) is 10.6. The van der Waals surface area contributed by atoms with Crippen LogP contribution in [0.25, 0.3) is 10.8 Å². The average molecular weight is 410 g/mol. The van der Waals surface area contributed by atoms with Crippen LogP contribution in [0.4, 0.5) is 0 Å². The summed E-state index contributed by atoms with van der Waals surface area (Å²) in [5.74, 6) is -0.449. The van der Waals surface area contributed by atoms with Crippen molar-refractivity contribution in [2.45, 2.75) is 13.2 Å². The van der Waals surface area contributed by atoms with Crippen molar-refractivity contribution < 1.29 is 14.4 Å². The fourth-order valence-corrected chi connectivity index (χ4v) is 3.29. The second kappa shape index (κ2) is 9.69. The minimum Gasteiger partial charge on any atom is -0.348 e. The van der Waals surface area contributed by atoms with E-state index in [1.807, 2.05) is 84.9 Å². The van der Waals surface area contributed by atoms with Gasteiger partial charge in [-0.15, -0.1) is 0 Å². The van der Waals surface area contributed by atoms with Crippen molar-refractivity contribution in [3.63, 3.8) is 0 Å². The van der Waals surface area contributed by atoms with Crippen molar-refractivity contribution >= 4 is 22.6 Å². The smallest absolute Gasteiger partial charge is 0.274 e. The van der Waals surface area contributed by atoms with E-state index in [-0.39, 0.29) is 11.8 Å². The highest BCUT2D eigenvalue weighted by Crippen LogP contribution is 2.18. The van der Waals surface area contributed by atoms with Crippen LogP contribution in [0, 0.1) is 0 Å². The predicted octanol–water partition coefficient (Wildman–Crippen LogP) is 4.63. The molecular weight excluding hydrogens is 388 g/mol. The van der Waals surface area contributed by atoms with Crippen LogP contribution in [0.1, 0.15) is 31.8 Å². The average Bonchev–Trinajstić information content (AvgIpc) is 2.83. The van der Waals surface area contributed by atoms with Crippen LogP contribution >= 0.6 is 0 Å². The van der Waals surface area contributed by atoms with E-state index in [9.17, 15) is 9.59 Å². The van der Waals surface area contributed by atoms with Gasteiger partial charge in [0.15, 0.2) is 0 Å². The van der Waals surface area contributed by atoms with Gasteiger partial charge in [-0.1, -0.05) is 78.9 Å². The van der Waals surface area contributed by atoms with E-state index < -0.39 is 0 Å². The van der Waals surface area contributed by atoms with Crippen LogP contribution in [0.15, 0.2) is 97.1 Å². The zero-order valence-electron chi connectivity index (χ0n) is 16.9. The van der Waals surface area contributed by atoms with Gasteiger partial charge in [-0.3, -0.25) is 14.4 Å². The molecule has 2 amide bonds. The third-order valence-electron chi connectivity index (χ3n) is 4.95. The predicted molar refractivity (Wildman–Crippen MR) is 120 cm³/mol. The van der Waals surface area contributed by atoms with Crippen LogP contribution < -0.4 is 10.8 Å². The monoisotopic (exact) mass is 410 g/mol. The Labute approximate surface area is 180 Å². The molecule has 0 aromatic heterocycles. The lowest BCUT2D eigenvalue weighted by atomic mass is 10.0. The molecule has 31 heavy (non-hydrogen) atoms. The largest absolute Gasteiger partial charge is 0.348 e. The molecule has 0 heterocycles. The number of carbonyl (C=O) groups excluding carboxylic acids is 2. The Kier molecular flexibility index (Phi) is 6.35. The molecule has 0 unspecified atom stereocenters. The fraction of sp³-hybridized carbons (Fsp3) is 0.0769. The lowest BCUT2D eigenvalue weighted by Gasteiger charge is -2.09. The van der Waals surface area contributed by atoms with Crippen molar-refractivity contribution in [3.8, 4) is 0 Å². The van der Waals surface area contributed by atoms with E-state index in [1.54, 1.807) is 12.1 Å². The maximum Gasteiger partial charge on any atom is 0.274 e. The standard InChI is InChI=1S/C26H22N2O3/c29-25(28-31-18-20-7-2-1-3-8-20)22-15-13-19(14-16-22)17-27-26(30)24-12-6-10-21-9-4-5-11-23(21)24/h1-16H,17-18H2,(H,27,30)(H,28,29). The molecule has 4 aromatic rings. The van der Waals surface area contributed by atoms with Gasteiger partial charge in [-0.25, -0.2) is 5.48 Å². The quantitative estimate of drug-likeness (QED) is 0.437. The van der Waals surface area contributed by atoms with Crippen LogP contribution in [-0.2, 0) is 18.0 Å². The van der Waals surface area contributed by atoms with Crippen LogP contribution in [-0.4, -0.2) is 11.8 Å². The van der Waals surface area contributed by atoms with Gasteiger partial charge in [-0.05, 0) is 40.1 Å². The van der Waals surface area contributed by atoms with Crippen molar-refractivity contribution in [3.05, 3.63) is 119 Å². The summed E-state index contributed by atoms with van der Waals surface area (Å²) in [5.41, 5.74) is 5.44. The highest BCUT2D eigenvalue weighted by molar-refractivity contribution is 6.07. The first-order valence-corrected chi connectivity index (χ1v) is 10.0. The number of hydroxylamine groups is 1. The second-order valence-corrected chi connectivity index (χ2v) is 7.11. The van der Waals surface area contributed by atoms with Gasteiger partial charge in [-0.2, -0.15) is 0 Å². The Morgan fingerprint density at radius 3 is 2.19 bits per heavy atom. The third-order valence-corrected chi connectivity index (χ3v) is 4.95. The summed E-state index contributed by atoms with van der Waals surface area (Å²) >= 11 is 0. The van der Waals surface area contributed by atoms with Crippen molar-refractivity contribution in [1.82, 2.24) is 10.8 Å². The number of amides is 2. The molecule has 0 spiro atoms. The number of fused-ring (bicyclic) bond motifs is 1. The Morgan fingerprint density at radius 2 is 1.39 bits per heavy atom. The number of carbonyl (C=O) groups is 2. The number of benzene rings is 4.